The molecule has 2 heterocycles. The number of carbonyl (C=O) groups is 1. The number of halogens is 2. The van der Waals surface area contributed by atoms with Gasteiger partial charge in [-0.2, -0.15) is 0 Å². The Kier molecular flexibility index (Phi) is 8.40. The summed E-state index contributed by atoms with van der Waals surface area (Å²) in [6.07, 6.45) is 5.63. The number of para-hydroxylation sites is 1. The number of hydrogen-bond acceptors (Lipinski definition) is 6. The molecule has 2 N–H and O–H groups in total. The van der Waals surface area contributed by atoms with Gasteiger partial charge < -0.3 is 19.9 Å². The molecule has 2 aliphatic heterocycles. The highest BCUT2D eigenvalue weighted by Crippen LogP contribution is 2.43. The first-order valence-electron chi connectivity index (χ1n) is 10.7. The Bertz CT molecular complexity index is 956. The molecule has 2 fully saturated rings. The van der Waals surface area contributed by atoms with E-state index in [1.54, 1.807) is 30.3 Å². The van der Waals surface area contributed by atoms with E-state index < -0.39 is 5.97 Å². The van der Waals surface area contributed by atoms with Crippen molar-refractivity contribution in [3.8, 4) is 5.75 Å². The van der Waals surface area contributed by atoms with Gasteiger partial charge in [0, 0.05) is 16.7 Å². The number of benzene rings is 2. The van der Waals surface area contributed by atoms with Gasteiger partial charge in [0.25, 0.3) is 0 Å². The highest BCUT2D eigenvalue weighted by Gasteiger charge is 2.41. The molecule has 3 atom stereocenters. The molecule has 5 nitrogen and oxygen atoms in total. The molecule has 0 saturated carbocycles. The first-order valence-corrected chi connectivity index (χ1v) is 13.8. The number of unbranched alkanes of at least 4 members (excludes halogenated alkanes) is 1. The Morgan fingerprint density at radius 2 is 2.00 bits per heavy atom. The van der Waals surface area contributed by atoms with Gasteiger partial charge in [0.05, 0.1) is 17.1 Å². The zero-order chi connectivity index (χ0) is 22.5. The lowest BCUT2D eigenvalue weighted by molar-refractivity contribution is -0.136. The number of hydrogen-bond donors (Lipinski definition) is 2. The minimum atomic E-state index is -0.911. The smallest absolute Gasteiger partial charge is 0.307 e. The Morgan fingerprint density at radius 1 is 1.19 bits per heavy atom. The molecule has 9 heteroatoms. The van der Waals surface area contributed by atoms with Crippen LogP contribution in [-0.4, -0.2) is 34.5 Å². The first-order chi connectivity index (χ1) is 15.5. The topological polar surface area (TPSA) is 71.1 Å². The highest BCUT2D eigenvalue weighted by molar-refractivity contribution is 8.77. The van der Waals surface area contributed by atoms with Gasteiger partial charge in [-0.3, -0.25) is 4.79 Å². The van der Waals surface area contributed by atoms with Crippen molar-refractivity contribution < 1.29 is 19.4 Å². The van der Waals surface area contributed by atoms with Crippen LogP contribution in [0.4, 0.5) is 11.4 Å². The highest BCUT2D eigenvalue weighted by atomic mass is 35.5. The van der Waals surface area contributed by atoms with Crippen molar-refractivity contribution in [3.63, 3.8) is 0 Å². The second-order valence-electron chi connectivity index (χ2n) is 7.86. The molecule has 2 aromatic rings. The zero-order valence-corrected chi connectivity index (χ0v) is 20.5. The molecule has 172 valence electrons. The van der Waals surface area contributed by atoms with Crippen LogP contribution in [0.15, 0.2) is 36.4 Å². The summed E-state index contributed by atoms with van der Waals surface area (Å²) in [5.41, 5.74) is 1.75. The number of carboxylic acids is 1. The Hall–Kier alpha value is -1.25. The Labute approximate surface area is 205 Å². The van der Waals surface area contributed by atoms with Crippen LogP contribution < -0.4 is 10.1 Å². The third-order valence-corrected chi connectivity index (χ3v) is 9.14. The molecule has 0 aliphatic carbocycles. The molecule has 0 amide bonds. The van der Waals surface area contributed by atoms with Crippen LogP contribution in [0, 0.1) is 0 Å². The van der Waals surface area contributed by atoms with E-state index in [9.17, 15) is 4.79 Å². The molecule has 2 aliphatic rings. The third-order valence-electron chi connectivity index (χ3n) is 5.45. The fraction of sp³-hybridized carbons (Fsp3) is 0.435. The van der Waals surface area contributed by atoms with E-state index in [4.69, 9.17) is 37.8 Å². The molecule has 0 bridgehead atoms. The average Bonchev–Trinajstić information content (AvgIpc) is 3.28. The van der Waals surface area contributed by atoms with E-state index in [-0.39, 0.29) is 18.8 Å². The quantitative estimate of drug-likeness (QED) is 0.187. The number of aliphatic carboxylic acids is 1. The lowest BCUT2D eigenvalue weighted by Gasteiger charge is -2.16. The van der Waals surface area contributed by atoms with E-state index in [0.717, 1.165) is 18.1 Å². The summed E-state index contributed by atoms with van der Waals surface area (Å²) in [5.74, 6) is 0.855. The van der Waals surface area contributed by atoms with Crippen molar-refractivity contribution >= 4 is 62.1 Å². The lowest BCUT2D eigenvalue weighted by Crippen LogP contribution is -2.06. The summed E-state index contributed by atoms with van der Waals surface area (Å²) >= 11 is 13.0. The molecule has 2 aromatic carbocycles. The van der Waals surface area contributed by atoms with Gasteiger partial charge in [-0.05, 0) is 43.0 Å². The van der Waals surface area contributed by atoms with Crippen LogP contribution in [-0.2, 0) is 16.0 Å². The first kappa shape index (κ1) is 23.9. The lowest BCUT2D eigenvalue weighted by atomic mass is 10.1. The molecular weight excluding hydrogens is 489 g/mol. The van der Waals surface area contributed by atoms with Crippen LogP contribution in [0.1, 0.15) is 37.7 Å². The van der Waals surface area contributed by atoms with Crippen LogP contribution in [0.25, 0.3) is 0 Å². The van der Waals surface area contributed by atoms with Gasteiger partial charge in [-0.15, -0.1) is 0 Å². The second-order valence-corrected chi connectivity index (χ2v) is 11.4. The summed E-state index contributed by atoms with van der Waals surface area (Å²) in [5, 5.41) is 13.9. The number of rotatable bonds is 11. The van der Waals surface area contributed by atoms with Gasteiger partial charge in [-0.1, -0.05) is 75.8 Å². The normalized spacial score (nSPS) is 22.0. The summed E-state index contributed by atoms with van der Waals surface area (Å²) in [6, 6.07) is 10.6. The SMILES string of the molecule is O=C(O)Cc1ccccc1Nc1c(Cl)ccc(OC2OC2CCCC[C@@H]2CCSS2)c1Cl. The van der Waals surface area contributed by atoms with E-state index in [1.165, 1.54) is 25.0 Å². The molecule has 2 unspecified atom stereocenters. The monoisotopic (exact) mass is 513 g/mol. The summed E-state index contributed by atoms with van der Waals surface area (Å²) < 4.78 is 11.7. The molecule has 0 aromatic heterocycles. The molecule has 4 rings (SSSR count). The fourth-order valence-corrected chi connectivity index (χ4v) is 7.21. The van der Waals surface area contributed by atoms with Crippen molar-refractivity contribution in [1.82, 2.24) is 0 Å². The van der Waals surface area contributed by atoms with Crippen molar-refractivity contribution in [1.29, 1.82) is 0 Å². The van der Waals surface area contributed by atoms with Gasteiger partial charge in [0.1, 0.15) is 16.9 Å². The Balaban J connectivity index is 1.33. The molecule has 0 spiro atoms. The predicted octanol–water partition coefficient (Wildman–Crippen LogP) is 7.18. The molecule has 2 saturated heterocycles. The number of carboxylic acid groups (broad SMARTS) is 1. The number of ether oxygens (including phenoxy) is 2. The van der Waals surface area contributed by atoms with Gasteiger partial charge in [0.2, 0.25) is 6.29 Å². The molecule has 0 radical (unpaired) electrons. The minimum absolute atomic E-state index is 0.0973. The zero-order valence-electron chi connectivity index (χ0n) is 17.4. The second kappa shape index (κ2) is 11.3. The Morgan fingerprint density at radius 3 is 2.78 bits per heavy atom. The van der Waals surface area contributed by atoms with Gasteiger partial charge in [-0.25, -0.2) is 0 Å². The average molecular weight is 514 g/mol. The third kappa shape index (κ3) is 6.41. The number of epoxide rings is 1. The van der Waals surface area contributed by atoms with E-state index in [2.05, 4.69) is 5.32 Å². The summed E-state index contributed by atoms with van der Waals surface area (Å²) in [7, 11) is 4.01. The van der Waals surface area contributed by atoms with Crippen molar-refractivity contribution in [3.05, 3.63) is 52.0 Å². The molecular formula is C23H25Cl2NO4S2. The number of anilines is 2. The maximum Gasteiger partial charge on any atom is 0.307 e. The standard InChI is InChI=1S/C23H25Cl2NO4S2/c24-16-9-10-18(29-23-19(30-23)8-4-2-6-15-11-12-31-32-15)21(25)22(16)26-17-7-3-1-5-14(17)13-20(27)28/h1,3,5,7,9-10,15,19,23,26H,2,4,6,8,11-13H2,(H,27,28)/t15-,19?,23?/m1/s1. The molecule has 32 heavy (non-hydrogen) atoms. The van der Waals surface area contributed by atoms with E-state index >= 15 is 0 Å². The predicted molar refractivity (Wildman–Crippen MR) is 134 cm³/mol. The van der Waals surface area contributed by atoms with Crippen molar-refractivity contribution in [2.45, 2.75) is 56.2 Å². The van der Waals surface area contributed by atoms with Crippen LogP contribution >= 0.6 is 44.8 Å². The summed E-state index contributed by atoms with van der Waals surface area (Å²) in [4.78, 5) is 11.2. The summed E-state index contributed by atoms with van der Waals surface area (Å²) in [6.45, 7) is 0. The maximum absolute atomic E-state index is 11.2. The van der Waals surface area contributed by atoms with E-state index in [1.807, 2.05) is 27.7 Å². The van der Waals surface area contributed by atoms with Crippen LogP contribution in [0.2, 0.25) is 10.0 Å². The van der Waals surface area contributed by atoms with Crippen molar-refractivity contribution in [2.75, 3.05) is 11.1 Å². The van der Waals surface area contributed by atoms with E-state index in [0.29, 0.717) is 32.7 Å². The van der Waals surface area contributed by atoms with Crippen LogP contribution in [0.5, 0.6) is 5.75 Å². The van der Waals surface area contributed by atoms with Crippen LogP contribution in [0.3, 0.4) is 0 Å². The largest absolute Gasteiger partial charge is 0.481 e. The van der Waals surface area contributed by atoms with Gasteiger partial charge >= 0.3 is 5.97 Å². The maximum atomic E-state index is 11.2. The number of nitrogens with one attached hydrogen (secondary N) is 1. The van der Waals surface area contributed by atoms with Gasteiger partial charge in [0.15, 0.2) is 0 Å². The minimum Gasteiger partial charge on any atom is -0.481 e. The van der Waals surface area contributed by atoms with Crippen molar-refractivity contribution in [2.24, 2.45) is 0 Å². The fourth-order valence-electron chi connectivity index (χ4n) is 3.67.